The predicted molar refractivity (Wildman–Crippen MR) is 134 cm³/mol. The first-order valence-electron chi connectivity index (χ1n) is 12.2. The van der Waals surface area contributed by atoms with Crippen molar-refractivity contribution in [3.63, 3.8) is 0 Å². The first-order chi connectivity index (χ1) is 17.8. The molecule has 7 rings (SSSR count). The number of amides is 2. The number of imide groups is 1. The zero-order chi connectivity index (χ0) is 25.9. The van der Waals surface area contributed by atoms with Crippen LogP contribution in [0.2, 0.25) is 0 Å². The van der Waals surface area contributed by atoms with Gasteiger partial charge in [0.15, 0.2) is 0 Å². The fourth-order valence-corrected chi connectivity index (χ4v) is 6.90. The number of rotatable bonds is 5. The van der Waals surface area contributed by atoms with Gasteiger partial charge in [-0.3, -0.25) is 19.2 Å². The highest BCUT2D eigenvalue weighted by Gasteiger charge is 2.74. The standard InChI is InChI=1S/C30H25NO6/c1-18(32)36-16-29-21-12-6-8-14-23(21)30(17-37-19(2)33,24-15-9-7-13-22(24)29)26-25(29)27(34)31(28(26)35)20-10-4-3-5-11-20/h3-15,25-26H,16-17H2,1-2H3/t25-,26+,29?,30?. The Morgan fingerprint density at radius 3 is 1.35 bits per heavy atom. The number of hydrogen-bond acceptors (Lipinski definition) is 6. The Kier molecular flexibility index (Phi) is 5.09. The van der Waals surface area contributed by atoms with E-state index in [-0.39, 0.29) is 25.0 Å². The number of anilines is 1. The first kappa shape index (κ1) is 23.2. The van der Waals surface area contributed by atoms with Crippen molar-refractivity contribution in [2.24, 2.45) is 11.8 Å². The monoisotopic (exact) mass is 495 g/mol. The van der Waals surface area contributed by atoms with Crippen molar-refractivity contribution in [1.29, 1.82) is 0 Å². The number of carbonyl (C=O) groups excluding carboxylic acids is 4. The van der Waals surface area contributed by atoms with Gasteiger partial charge >= 0.3 is 11.9 Å². The summed E-state index contributed by atoms with van der Waals surface area (Å²) in [5.74, 6) is -3.38. The summed E-state index contributed by atoms with van der Waals surface area (Å²) in [5.41, 5.74) is 1.53. The van der Waals surface area contributed by atoms with Crippen LogP contribution in [0.5, 0.6) is 0 Å². The zero-order valence-electron chi connectivity index (χ0n) is 20.5. The van der Waals surface area contributed by atoms with E-state index >= 15 is 0 Å². The lowest BCUT2D eigenvalue weighted by molar-refractivity contribution is -0.149. The number of para-hydroxylation sites is 1. The van der Waals surface area contributed by atoms with Gasteiger partial charge in [-0.25, -0.2) is 4.90 Å². The average molecular weight is 496 g/mol. The summed E-state index contributed by atoms with van der Waals surface area (Å²) in [7, 11) is 0. The Hall–Kier alpha value is -4.26. The molecular formula is C30H25NO6. The van der Waals surface area contributed by atoms with E-state index in [0.717, 1.165) is 22.3 Å². The van der Waals surface area contributed by atoms with Gasteiger partial charge in [-0.1, -0.05) is 66.7 Å². The summed E-state index contributed by atoms with van der Waals surface area (Å²) in [6.07, 6.45) is 0. The van der Waals surface area contributed by atoms with E-state index < -0.39 is 34.6 Å². The quantitative estimate of drug-likeness (QED) is 0.398. The van der Waals surface area contributed by atoms with E-state index in [2.05, 4.69) is 0 Å². The van der Waals surface area contributed by atoms with Gasteiger partial charge in [0, 0.05) is 13.8 Å². The van der Waals surface area contributed by atoms with Crippen LogP contribution in [-0.2, 0) is 39.5 Å². The molecule has 2 atom stereocenters. The Bertz CT molecular complexity index is 1320. The Labute approximate surface area is 214 Å². The second kappa shape index (κ2) is 8.13. The van der Waals surface area contributed by atoms with Gasteiger partial charge in [0.05, 0.1) is 28.4 Å². The van der Waals surface area contributed by atoms with Crippen molar-refractivity contribution in [1.82, 2.24) is 0 Å². The van der Waals surface area contributed by atoms with Crippen molar-refractivity contribution in [3.05, 3.63) is 101 Å². The third kappa shape index (κ3) is 2.94. The number of nitrogens with zero attached hydrogens (tertiary/aromatic N) is 1. The van der Waals surface area contributed by atoms with E-state index in [1.807, 2.05) is 54.6 Å². The van der Waals surface area contributed by atoms with E-state index in [1.165, 1.54) is 18.7 Å². The number of benzene rings is 3. The molecule has 0 spiro atoms. The second-order valence-corrected chi connectivity index (χ2v) is 9.90. The van der Waals surface area contributed by atoms with Crippen LogP contribution in [0, 0.1) is 11.8 Å². The number of ether oxygens (including phenoxy) is 2. The maximum atomic E-state index is 14.3. The molecule has 4 aliphatic rings. The molecule has 0 saturated carbocycles. The molecule has 3 aliphatic carbocycles. The van der Waals surface area contributed by atoms with Gasteiger partial charge < -0.3 is 9.47 Å². The summed E-state index contributed by atoms with van der Waals surface area (Å²) in [6.45, 7) is 2.48. The SMILES string of the molecule is CC(=O)OCC12c3ccccc3C(COC(C)=O)(c3ccccc31)[C@H]1C(=O)N(c3ccccc3)C(=O)[C@H]12. The van der Waals surface area contributed by atoms with Gasteiger partial charge in [0.25, 0.3) is 0 Å². The number of hydrogen-bond donors (Lipinski definition) is 0. The van der Waals surface area contributed by atoms with E-state index in [1.54, 1.807) is 24.3 Å². The van der Waals surface area contributed by atoms with Crippen molar-refractivity contribution < 1.29 is 28.7 Å². The summed E-state index contributed by atoms with van der Waals surface area (Å²) < 4.78 is 11.3. The molecule has 7 heteroatoms. The molecule has 0 radical (unpaired) electrons. The molecule has 0 aromatic heterocycles. The third-order valence-corrected chi connectivity index (χ3v) is 8.17. The highest BCUT2D eigenvalue weighted by molar-refractivity contribution is 6.24. The topological polar surface area (TPSA) is 90.0 Å². The molecule has 0 N–H and O–H groups in total. The van der Waals surface area contributed by atoms with Crippen LogP contribution in [0.4, 0.5) is 5.69 Å². The van der Waals surface area contributed by atoms with E-state index in [0.29, 0.717) is 5.69 Å². The molecule has 1 fully saturated rings. The summed E-state index contributed by atoms with van der Waals surface area (Å²) in [4.78, 5) is 54.1. The molecule has 1 saturated heterocycles. The lowest BCUT2D eigenvalue weighted by atomic mass is 9.42. The van der Waals surface area contributed by atoms with Crippen LogP contribution >= 0.6 is 0 Å². The lowest BCUT2D eigenvalue weighted by Crippen LogP contribution is -2.64. The fourth-order valence-electron chi connectivity index (χ4n) is 6.90. The van der Waals surface area contributed by atoms with Crippen LogP contribution < -0.4 is 4.90 Å². The van der Waals surface area contributed by atoms with Gasteiger partial charge in [0.1, 0.15) is 13.2 Å². The average Bonchev–Trinajstić information content (AvgIpc) is 3.18. The van der Waals surface area contributed by atoms with Gasteiger partial charge in [0.2, 0.25) is 11.8 Å². The molecule has 186 valence electrons. The second-order valence-electron chi connectivity index (χ2n) is 9.90. The van der Waals surface area contributed by atoms with Gasteiger partial charge in [-0.15, -0.1) is 0 Å². The molecule has 2 bridgehead atoms. The summed E-state index contributed by atoms with van der Waals surface area (Å²) >= 11 is 0. The Balaban J connectivity index is 1.70. The van der Waals surface area contributed by atoms with Crippen molar-refractivity contribution in [2.75, 3.05) is 18.1 Å². The molecule has 3 aromatic carbocycles. The maximum absolute atomic E-state index is 14.3. The number of esters is 2. The van der Waals surface area contributed by atoms with Crippen LogP contribution in [0.3, 0.4) is 0 Å². The molecule has 37 heavy (non-hydrogen) atoms. The zero-order valence-corrected chi connectivity index (χ0v) is 20.5. The molecule has 7 nitrogen and oxygen atoms in total. The lowest BCUT2D eigenvalue weighted by Gasteiger charge is -2.59. The summed E-state index contributed by atoms with van der Waals surface area (Å²) in [5, 5.41) is 0. The maximum Gasteiger partial charge on any atom is 0.302 e. The first-order valence-corrected chi connectivity index (χ1v) is 12.2. The summed E-state index contributed by atoms with van der Waals surface area (Å²) in [6, 6.07) is 24.1. The highest BCUT2D eigenvalue weighted by atomic mass is 16.5. The smallest absolute Gasteiger partial charge is 0.302 e. The predicted octanol–water partition coefficient (Wildman–Crippen LogP) is 3.52. The van der Waals surface area contributed by atoms with E-state index in [4.69, 9.17) is 9.47 Å². The Morgan fingerprint density at radius 1 is 0.649 bits per heavy atom. The minimum absolute atomic E-state index is 0.0944. The normalized spacial score (nSPS) is 26.8. The Morgan fingerprint density at radius 2 is 1.00 bits per heavy atom. The molecule has 3 aromatic rings. The minimum atomic E-state index is -1.09. The van der Waals surface area contributed by atoms with Crippen molar-refractivity contribution in [3.8, 4) is 0 Å². The highest BCUT2D eigenvalue weighted by Crippen LogP contribution is 2.67. The number of carbonyl (C=O) groups is 4. The molecule has 1 heterocycles. The van der Waals surface area contributed by atoms with Crippen LogP contribution in [0.25, 0.3) is 0 Å². The minimum Gasteiger partial charge on any atom is -0.465 e. The van der Waals surface area contributed by atoms with Crippen LogP contribution in [-0.4, -0.2) is 37.0 Å². The molecule has 1 aliphatic heterocycles. The van der Waals surface area contributed by atoms with E-state index in [9.17, 15) is 19.2 Å². The molecule has 0 unspecified atom stereocenters. The van der Waals surface area contributed by atoms with Crippen LogP contribution in [0.15, 0.2) is 78.9 Å². The van der Waals surface area contributed by atoms with Gasteiger partial charge in [-0.2, -0.15) is 0 Å². The molecular weight excluding hydrogens is 470 g/mol. The fraction of sp³-hybridized carbons (Fsp3) is 0.267. The van der Waals surface area contributed by atoms with Crippen LogP contribution in [0.1, 0.15) is 36.1 Å². The molecule has 2 amide bonds. The van der Waals surface area contributed by atoms with Crippen molar-refractivity contribution >= 4 is 29.4 Å². The largest absolute Gasteiger partial charge is 0.465 e. The van der Waals surface area contributed by atoms with Gasteiger partial charge in [-0.05, 0) is 34.4 Å². The third-order valence-electron chi connectivity index (χ3n) is 8.17. The van der Waals surface area contributed by atoms with Crippen molar-refractivity contribution in [2.45, 2.75) is 24.7 Å².